The standard InChI is InChI=1S/C14H20O5/c1-3-5-13-6-4-7-14(13,18-9-8-13)19-12(16)10-11(15)17-2/h3H,1,4-10H2,2H3. The predicted octanol–water partition coefficient (Wildman–Crippen LogP) is 1.96. The quantitative estimate of drug-likeness (QED) is 0.433. The molecule has 1 aliphatic heterocycles. The summed E-state index contributed by atoms with van der Waals surface area (Å²) in [4.78, 5) is 22.9. The molecule has 2 aliphatic rings. The van der Waals surface area contributed by atoms with Crippen molar-refractivity contribution in [3.63, 3.8) is 0 Å². The van der Waals surface area contributed by atoms with Crippen molar-refractivity contribution in [3.05, 3.63) is 12.7 Å². The van der Waals surface area contributed by atoms with Crippen LogP contribution < -0.4 is 0 Å². The summed E-state index contributed by atoms with van der Waals surface area (Å²) in [5.74, 6) is -2.04. The Morgan fingerprint density at radius 1 is 1.32 bits per heavy atom. The minimum absolute atomic E-state index is 0.166. The highest BCUT2D eigenvalue weighted by Crippen LogP contribution is 2.58. The van der Waals surface area contributed by atoms with Gasteiger partial charge in [-0.2, -0.15) is 0 Å². The number of esters is 2. The zero-order valence-electron chi connectivity index (χ0n) is 11.3. The molecule has 0 aromatic carbocycles. The molecule has 5 heteroatoms. The lowest BCUT2D eigenvalue weighted by molar-refractivity contribution is -0.239. The monoisotopic (exact) mass is 268 g/mol. The summed E-state index contributed by atoms with van der Waals surface area (Å²) in [5, 5.41) is 0. The van der Waals surface area contributed by atoms with Gasteiger partial charge in [-0.15, -0.1) is 6.58 Å². The van der Waals surface area contributed by atoms with Gasteiger partial charge in [-0.3, -0.25) is 9.59 Å². The Hall–Kier alpha value is -1.36. The lowest BCUT2D eigenvalue weighted by atomic mass is 9.77. The van der Waals surface area contributed by atoms with Crippen LogP contribution in [-0.4, -0.2) is 31.4 Å². The molecule has 2 fully saturated rings. The first-order chi connectivity index (χ1) is 9.07. The Kier molecular flexibility index (Phi) is 3.94. The van der Waals surface area contributed by atoms with Crippen molar-refractivity contribution >= 4 is 11.9 Å². The van der Waals surface area contributed by atoms with Crippen molar-refractivity contribution < 1.29 is 23.8 Å². The van der Waals surface area contributed by atoms with Crippen LogP contribution in [0.4, 0.5) is 0 Å². The Bertz CT molecular complexity index is 377. The summed E-state index contributed by atoms with van der Waals surface area (Å²) < 4.78 is 15.8. The predicted molar refractivity (Wildman–Crippen MR) is 67.1 cm³/mol. The SMILES string of the molecule is C=CCC12CCCC1(OC(=O)CC(=O)OC)OCC2. The van der Waals surface area contributed by atoms with Gasteiger partial charge in [0, 0.05) is 11.8 Å². The lowest BCUT2D eigenvalue weighted by Gasteiger charge is -2.37. The molecule has 2 unspecified atom stereocenters. The average molecular weight is 268 g/mol. The summed E-state index contributed by atoms with van der Waals surface area (Å²) in [7, 11) is 1.25. The topological polar surface area (TPSA) is 61.8 Å². The molecule has 0 aromatic heterocycles. The molecule has 0 aromatic rings. The van der Waals surface area contributed by atoms with Crippen molar-refractivity contribution in [3.8, 4) is 0 Å². The van der Waals surface area contributed by atoms with E-state index in [2.05, 4.69) is 11.3 Å². The van der Waals surface area contributed by atoms with E-state index in [0.29, 0.717) is 13.0 Å². The summed E-state index contributed by atoms with van der Waals surface area (Å²) >= 11 is 0. The second kappa shape index (κ2) is 5.33. The number of ether oxygens (including phenoxy) is 3. The van der Waals surface area contributed by atoms with Crippen molar-refractivity contribution in [1.82, 2.24) is 0 Å². The van der Waals surface area contributed by atoms with E-state index in [0.717, 1.165) is 25.7 Å². The first-order valence-corrected chi connectivity index (χ1v) is 6.61. The van der Waals surface area contributed by atoms with Crippen LogP contribution in [0.1, 0.15) is 38.5 Å². The van der Waals surface area contributed by atoms with Gasteiger partial charge >= 0.3 is 11.9 Å². The zero-order valence-corrected chi connectivity index (χ0v) is 11.3. The van der Waals surface area contributed by atoms with Crippen molar-refractivity contribution in [2.24, 2.45) is 5.41 Å². The van der Waals surface area contributed by atoms with Gasteiger partial charge in [0.1, 0.15) is 6.42 Å². The van der Waals surface area contributed by atoms with E-state index in [9.17, 15) is 9.59 Å². The summed E-state index contributed by atoms with van der Waals surface area (Å²) in [6.45, 7) is 4.36. The van der Waals surface area contributed by atoms with Gasteiger partial charge in [-0.1, -0.05) is 6.08 Å². The van der Waals surface area contributed by atoms with Crippen LogP contribution in [0.2, 0.25) is 0 Å². The molecule has 0 spiro atoms. The number of carbonyl (C=O) groups excluding carboxylic acids is 2. The Morgan fingerprint density at radius 3 is 2.79 bits per heavy atom. The third kappa shape index (κ3) is 2.39. The van der Waals surface area contributed by atoms with Crippen molar-refractivity contribution in [2.45, 2.75) is 44.3 Å². The van der Waals surface area contributed by atoms with Gasteiger partial charge in [-0.05, 0) is 25.7 Å². The van der Waals surface area contributed by atoms with Gasteiger partial charge in [0.25, 0.3) is 0 Å². The fourth-order valence-electron chi connectivity index (χ4n) is 3.30. The molecule has 2 atom stereocenters. The zero-order chi connectivity index (χ0) is 13.9. The highest BCUT2D eigenvalue weighted by molar-refractivity contribution is 5.91. The van der Waals surface area contributed by atoms with Crippen LogP contribution in [-0.2, 0) is 23.8 Å². The molecule has 0 bridgehead atoms. The van der Waals surface area contributed by atoms with Crippen LogP contribution in [0.3, 0.4) is 0 Å². The maximum Gasteiger partial charge on any atom is 0.319 e. The second-order valence-electron chi connectivity index (χ2n) is 5.21. The summed E-state index contributed by atoms with van der Waals surface area (Å²) in [6.07, 6.45) is 5.72. The first-order valence-electron chi connectivity index (χ1n) is 6.61. The van der Waals surface area contributed by atoms with E-state index in [1.165, 1.54) is 7.11 Å². The highest BCUT2D eigenvalue weighted by Gasteiger charge is 2.61. The van der Waals surface area contributed by atoms with Crippen molar-refractivity contribution in [1.29, 1.82) is 0 Å². The van der Waals surface area contributed by atoms with Crippen LogP contribution in [0.15, 0.2) is 12.7 Å². The third-order valence-electron chi connectivity index (χ3n) is 4.22. The fraction of sp³-hybridized carbons (Fsp3) is 0.714. The minimum Gasteiger partial charge on any atom is -0.469 e. The molecule has 1 saturated carbocycles. The maximum absolute atomic E-state index is 11.8. The van der Waals surface area contributed by atoms with Gasteiger partial charge in [0.2, 0.25) is 5.79 Å². The largest absolute Gasteiger partial charge is 0.469 e. The Labute approximate surface area is 112 Å². The summed E-state index contributed by atoms with van der Waals surface area (Å²) in [5.41, 5.74) is -0.166. The van der Waals surface area contributed by atoms with E-state index in [1.54, 1.807) is 0 Å². The van der Waals surface area contributed by atoms with Crippen LogP contribution >= 0.6 is 0 Å². The molecule has 0 radical (unpaired) electrons. The number of carbonyl (C=O) groups is 2. The smallest absolute Gasteiger partial charge is 0.319 e. The maximum atomic E-state index is 11.8. The molecule has 2 rings (SSSR count). The van der Waals surface area contributed by atoms with Crippen LogP contribution in [0, 0.1) is 5.41 Å². The van der Waals surface area contributed by atoms with E-state index >= 15 is 0 Å². The lowest BCUT2D eigenvalue weighted by Crippen LogP contribution is -2.44. The van der Waals surface area contributed by atoms with Gasteiger partial charge in [0.15, 0.2) is 0 Å². The molecule has 0 amide bonds. The van der Waals surface area contributed by atoms with E-state index in [1.807, 2.05) is 6.08 Å². The molecule has 0 N–H and O–H groups in total. The summed E-state index contributed by atoms with van der Waals surface area (Å²) in [6, 6.07) is 0. The van der Waals surface area contributed by atoms with Crippen LogP contribution in [0.5, 0.6) is 0 Å². The Balaban J connectivity index is 2.10. The molecule has 1 saturated heterocycles. The molecular weight excluding hydrogens is 248 g/mol. The van der Waals surface area contributed by atoms with E-state index < -0.39 is 17.7 Å². The van der Waals surface area contributed by atoms with Gasteiger partial charge in [0.05, 0.1) is 13.7 Å². The highest BCUT2D eigenvalue weighted by atomic mass is 16.7. The number of methoxy groups -OCH3 is 1. The molecule has 1 aliphatic carbocycles. The second-order valence-corrected chi connectivity index (χ2v) is 5.21. The van der Waals surface area contributed by atoms with E-state index in [4.69, 9.17) is 9.47 Å². The molecule has 106 valence electrons. The first kappa shape index (κ1) is 14.1. The van der Waals surface area contributed by atoms with Gasteiger partial charge < -0.3 is 14.2 Å². The molecule has 19 heavy (non-hydrogen) atoms. The number of rotatable bonds is 5. The molecular formula is C14H20O5. The van der Waals surface area contributed by atoms with Crippen LogP contribution in [0.25, 0.3) is 0 Å². The molecule has 1 heterocycles. The number of fused-ring (bicyclic) bond motifs is 1. The third-order valence-corrected chi connectivity index (χ3v) is 4.22. The van der Waals surface area contributed by atoms with Crippen molar-refractivity contribution in [2.75, 3.05) is 13.7 Å². The Morgan fingerprint density at radius 2 is 2.11 bits per heavy atom. The normalized spacial score (nSPS) is 32.7. The number of hydrogen-bond acceptors (Lipinski definition) is 5. The number of hydrogen-bond donors (Lipinski definition) is 0. The molecule has 5 nitrogen and oxygen atoms in total. The number of allylic oxidation sites excluding steroid dienone is 1. The van der Waals surface area contributed by atoms with E-state index in [-0.39, 0.29) is 11.8 Å². The van der Waals surface area contributed by atoms with Gasteiger partial charge in [-0.25, -0.2) is 0 Å². The fourth-order valence-corrected chi connectivity index (χ4v) is 3.30. The average Bonchev–Trinajstić information content (AvgIpc) is 2.83. The minimum atomic E-state index is -0.869.